The minimum Gasteiger partial charge on any atom is -0.0776 e. The van der Waals surface area contributed by atoms with E-state index in [0.29, 0.717) is 11.8 Å². The van der Waals surface area contributed by atoms with Crippen LogP contribution in [-0.4, -0.2) is 0 Å². The molecule has 0 saturated heterocycles. The first kappa shape index (κ1) is 17.3. The van der Waals surface area contributed by atoms with Crippen LogP contribution in [0.25, 0.3) is 11.1 Å². The summed E-state index contributed by atoms with van der Waals surface area (Å²) in [6.07, 6.45) is 10.1. The summed E-state index contributed by atoms with van der Waals surface area (Å²) in [7, 11) is 0. The highest BCUT2D eigenvalue weighted by atomic mass is 127. The van der Waals surface area contributed by atoms with Crippen molar-refractivity contribution in [2.75, 3.05) is 0 Å². The molecule has 0 saturated carbocycles. The molecule has 3 aromatic rings. The quantitative estimate of drug-likeness (QED) is 0.362. The third kappa shape index (κ3) is 3.68. The smallest absolute Gasteiger partial charge is 0.0168 e. The predicted molar refractivity (Wildman–Crippen MR) is 119 cm³/mol. The van der Waals surface area contributed by atoms with Crippen LogP contribution >= 0.6 is 22.6 Å². The van der Waals surface area contributed by atoms with Gasteiger partial charge in [-0.1, -0.05) is 97.1 Å². The molecule has 0 N–H and O–H groups in total. The Bertz CT molecular complexity index is 925. The normalized spacial score (nSPS) is 14.7. The molecule has 0 aliphatic heterocycles. The average Bonchev–Trinajstić information content (AvgIpc) is 3.21. The second-order valence-electron chi connectivity index (χ2n) is 6.70. The van der Waals surface area contributed by atoms with Crippen LogP contribution in [0.2, 0.25) is 0 Å². The van der Waals surface area contributed by atoms with E-state index in [4.69, 9.17) is 0 Å². The van der Waals surface area contributed by atoms with Crippen molar-refractivity contribution < 1.29 is 0 Å². The Labute approximate surface area is 169 Å². The highest BCUT2D eigenvalue weighted by Gasteiger charge is 2.22. The molecule has 3 aromatic carbocycles. The van der Waals surface area contributed by atoms with Crippen LogP contribution in [0.4, 0.5) is 0 Å². The van der Waals surface area contributed by atoms with Crippen molar-refractivity contribution in [1.82, 2.24) is 0 Å². The number of hydrogen-bond acceptors (Lipinski definition) is 0. The Morgan fingerprint density at radius 2 is 1.31 bits per heavy atom. The zero-order chi connectivity index (χ0) is 17.8. The van der Waals surface area contributed by atoms with Crippen LogP contribution in [0.5, 0.6) is 0 Å². The fourth-order valence-electron chi connectivity index (χ4n) is 3.77. The van der Waals surface area contributed by atoms with Crippen LogP contribution < -0.4 is 0 Å². The summed E-state index contributed by atoms with van der Waals surface area (Å²) in [6, 6.07) is 28.4. The predicted octanol–water partition coefficient (Wildman–Crippen LogP) is 7.22. The molecule has 1 unspecified atom stereocenters. The molecule has 0 fully saturated rings. The third-order valence-corrected chi connectivity index (χ3v) is 6.02. The van der Waals surface area contributed by atoms with Gasteiger partial charge in [0.05, 0.1) is 0 Å². The maximum Gasteiger partial charge on any atom is 0.0168 e. The maximum absolute atomic E-state index is 2.48. The van der Waals surface area contributed by atoms with Gasteiger partial charge in [0, 0.05) is 9.49 Å². The number of hydrogen-bond donors (Lipinski definition) is 0. The second kappa shape index (κ2) is 8.05. The third-order valence-electron chi connectivity index (χ3n) is 5.04. The van der Waals surface area contributed by atoms with Crippen molar-refractivity contribution in [1.29, 1.82) is 0 Å². The fourth-order valence-corrected chi connectivity index (χ4v) is 4.53. The molecule has 0 amide bonds. The molecule has 0 spiro atoms. The van der Waals surface area contributed by atoms with E-state index < -0.39 is 0 Å². The molecular weight excluding hydrogens is 427 g/mol. The summed E-state index contributed by atoms with van der Waals surface area (Å²) in [5, 5.41) is 0. The topological polar surface area (TPSA) is 0 Å². The Balaban J connectivity index is 1.83. The monoisotopic (exact) mass is 448 g/mol. The molecule has 1 atom stereocenters. The lowest BCUT2D eigenvalue weighted by Gasteiger charge is -2.24. The van der Waals surface area contributed by atoms with Gasteiger partial charge >= 0.3 is 0 Å². The first-order chi connectivity index (χ1) is 12.8. The van der Waals surface area contributed by atoms with Crippen molar-refractivity contribution in [3.05, 3.63) is 118 Å². The lowest BCUT2D eigenvalue weighted by molar-refractivity contribution is 0.639. The van der Waals surface area contributed by atoms with Crippen molar-refractivity contribution in [2.24, 2.45) is 5.92 Å². The van der Waals surface area contributed by atoms with E-state index in [9.17, 15) is 0 Å². The zero-order valence-electron chi connectivity index (χ0n) is 14.6. The van der Waals surface area contributed by atoms with Gasteiger partial charge in [-0.25, -0.2) is 0 Å². The van der Waals surface area contributed by atoms with E-state index in [2.05, 4.69) is 126 Å². The number of benzene rings is 3. The Hall–Kier alpha value is -2.13. The van der Waals surface area contributed by atoms with Crippen LogP contribution in [0, 0.1) is 9.49 Å². The summed E-state index contributed by atoms with van der Waals surface area (Å²) in [5.41, 5.74) is 5.46. The van der Waals surface area contributed by atoms with Gasteiger partial charge in [-0.15, -0.1) is 0 Å². The molecule has 128 valence electrons. The van der Waals surface area contributed by atoms with Gasteiger partial charge in [-0.2, -0.15) is 0 Å². The van der Waals surface area contributed by atoms with Crippen molar-refractivity contribution in [3.8, 4) is 11.1 Å². The van der Waals surface area contributed by atoms with Gasteiger partial charge in [-0.05, 0) is 63.2 Å². The van der Waals surface area contributed by atoms with Crippen LogP contribution in [0.1, 0.15) is 23.5 Å². The largest absolute Gasteiger partial charge is 0.0776 e. The minimum atomic E-state index is 0.372. The van der Waals surface area contributed by atoms with Gasteiger partial charge < -0.3 is 0 Å². The molecule has 0 bridgehead atoms. The highest BCUT2D eigenvalue weighted by Crippen LogP contribution is 2.39. The average molecular weight is 448 g/mol. The van der Waals surface area contributed by atoms with Gasteiger partial charge in [-0.3, -0.25) is 0 Å². The molecule has 1 aliphatic carbocycles. The first-order valence-corrected chi connectivity index (χ1v) is 10.1. The summed E-state index contributed by atoms with van der Waals surface area (Å²) in [5.74, 6) is 0.872. The van der Waals surface area contributed by atoms with Crippen LogP contribution in [0.3, 0.4) is 0 Å². The van der Waals surface area contributed by atoms with Gasteiger partial charge in [0.2, 0.25) is 0 Å². The Kier molecular flexibility index (Phi) is 5.35. The highest BCUT2D eigenvalue weighted by molar-refractivity contribution is 14.1. The first-order valence-electron chi connectivity index (χ1n) is 9.06. The lowest BCUT2D eigenvalue weighted by atomic mass is 9.80. The van der Waals surface area contributed by atoms with Crippen LogP contribution in [0.15, 0.2) is 103 Å². The summed E-state index contributed by atoms with van der Waals surface area (Å²) < 4.78 is 1.34. The summed E-state index contributed by atoms with van der Waals surface area (Å²) >= 11 is 2.48. The minimum absolute atomic E-state index is 0.372. The lowest BCUT2D eigenvalue weighted by Crippen LogP contribution is -2.09. The number of halogens is 1. The Morgan fingerprint density at radius 1 is 0.692 bits per heavy atom. The molecule has 4 rings (SSSR count). The second-order valence-corrected chi connectivity index (χ2v) is 7.86. The van der Waals surface area contributed by atoms with Gasteiger partial charge in [0.1, 0.15) is 0 Å². The molecule has 0 nitrogen and oxygen atoms in total. The number of rotatable bonds is 5. The zero-order valence-corrected chi connectivity index (χ0v) is 16.7. The number of allylic oxidation sites excluding steroid dienone is 4. The van der Waals surface area contributed by atoms with Crippen molar-refractivity contribution >= 4 is 22.6 Å². The van der Waals surface area contributed by atoms with Gasteiger partial charge in [0.25, 0.3) is 0 Å². The van der Waals surface area contributed by atoms with E-state index in [1.165, 1.54) is 25.8 Å². The van der Waals surface area contributed by atoms with Crippen molar-refractivity contribution in [3.63, 3.8) is 0 Å². The molecule has 0 heterocycles. The van der Waals surface area contributed by atoms with E-state index in [-0.39, 0.29) is 0 Å². The standard InChI is InChI=1S/C25H21I/c26-25-17-9-8-16-23(25)24(18-19-10-4-5-11-19)22-15-7-6-14-21(22)20-12-2-1-3-13-20/h1-17,19,24H,18H2. The molecule has 26 heavy (non-hydrogen) atoms. The Morgan fingerprint density at radius 3 is 2.04 bits per heavy atom. The SMILES string of the molecule is Ic1ccccc1C(CC1C=CC=C1)c1ccccc1-c1ccccc1. The van der Waals surface area contributed by atoms with Crippen molar-refractivity contribution in [2.45, 2.75) is 12.3 Å². The molecule has 0 aromatic heterocycles. The molecule has 1 heteroatoms. The van der Waals surface area contributed by atoms with E-state index in [1.54, 1.807) is 0 Å². The van der Waals surface area contributed by atoms with Crippen LogP contribution in [-0.2, 0) is 0 Å². The molecular formula is C25H21I. The maximum atomic E-state index is 2.48. The van der Waals surface area contributed by atoms with Gasteiger partial charge in [0.15, 0.2) is 0 Å². The molecule has 1 aliphatic rings. The molecule has 0 radical (unpaired) electrons. The van der Waals surface area contributed by atoms with E-state index in [1.807, 2.05) is 0 Å². The fraction of sp³-hybridized carbons (Fsp3) is 0.120. The van der Waals surface area contributed by atoms with E-state index in [0.717, 1.165) is 6.42 Å². The van der Waals surface area contributed by atoms with E-state index >= 15 is 0 Å². The summed E-state index contributed by atoms with van der Waals surface area (Å²) in [4.78, 5) is 0. The summed E-state index contributed by atoms with van der Waals surface area (Å²) in [6.45, 7) is 0.